The summed E-state index contributed by atoms with van der Waals surface area (Å²) in [7, 11) is 0. The van der Waals surface area contributed by atoms with Crippen LogP contribution in [0.25, 0.3) is 0 Å². The predicted octanol–water partition coefficient (Wildman–Crippen LogP) is 1.60. The largest absolute Gasteiger partial charge is 0.508 e. The Labute approximate surface area is 220 Å². The number of carboxylic acids is 2. The van der Waals surface area contributed by atoms with Crippen molar-refractivity contribution in [2.45, 2.75) is 42.6 Å². The van der Waals surface area contributed by atoms with Crippen LogP contribution in [0.3, 0.4) is 0 Å². The van der Waals surface area contributed by atoms with Crippen molar-refractivity contribution in [2.75, 3.05) is 0 Å². The van der Waals surface area contributed by atoms with Crippen LogP contribution < -0.4 is 15.4 Å². The van der Waals surface area contributed by atoms with E-state index in [-0.39, 0.29) is 35.8 Å². The van der Waals surface area contributed by atoms with Gasteiger partial charge in [-0.1, -0.05) is 18.2 Å². The van der Waals surface area contributed by atoms with E-state index in [1.54, 1.807) is 36.4 Å². The minimum absolute atomic E-state index is 0.0818. The van der Waals surface area contributed by atoms with Crippen LogP contribution in [0, 0.1) is 0 Å². The zero-order valence-electron chi connectivity index (χ0n) is 20.2. The molecule has 3 aromatic carbocycles. The van der Waals surface area contributed by atoms with Gasteiger partial charge in [0.15, 0.2) is 5.60 Å². The number of aliphatic carboxylic acids is 2. The molecule has 198 valence electrons. The summed E-state index contributed by atoms with van der Waals surface area (Å²) in [6, 6.07) is 10.6. The lowest BCUT2D eigenvalue weighted by atomic mass is 9.75. The van der Waals surface area contributed by atoms with Gasteiger partial charge in [-0.15, -0.1) is 0 Å². The molecular weight excluding hydrogens is 508 g/mol. The highest BCUT2D eigenvalue weighted by Gasteiger charge is 2.55. The molecule has 6 N–H and O–H groups in total. The van der Waals surface area contributed by atoms with Gasteiger partial charge in [-0.2, -0.15) is 0 Å². The lowest BCUT2D eigenvalue weighted by Crippen LogP contribution is -2.34. The molecule has 2 fully saturated rings. The Hall–Kier alpha value is -4.61. The fourth-order valence-corrected chi connectivity index (χ4v) is 5.90. The van der Waals surface area contributed by atoms with E-state index < -0.39 is 47.7 Å². The summed E-state index contributed by atoms with van der Waals surface area (Å²) in [5, 5.41) is 46.2. The smallest absolute Gasteiger partial charge is 0.340 e. The maximum absolute atomic E-state index is 13.2. The number of ether oxygens (including phenoxy) is 2. The van der Waals surface area contributed by atoms with Crippen LogP contribution in [-0.2, 0) is 32.8 Å². The Morgan fingerprint density at radius 3 is 2.26 bits per heavy atom. The van der Waals surface area contributed by atoms with Gasteiger partial charge in [-0.3, -0.25) is 20.2 Å². The van der Waals surface area contributed by atoms with Crippen LogP contribution in [0.1, 0.15) is 38.2 Å². The van der Waals surface area contributed by atoms with Crippen LogP contribution in [0.5, 0.6) is 23.0 Å². The van der Waals surface area contributed by atoms with Crippen LogP contribution in [0.15, 0.2) is 48.5 Å². The first-order valence-electron chi connectivity index (χ1n) is 12.4. The van der Waals surface area contributed by atoms with Crippen LogP contribution >= 0.6 is 0 Å². The van der Waals surface area contributed by atoms with Crippen molar-refractivity contribution in [1.82, 2.24) is 10.6 Å². The normalized spacial score (nSPS) is 27.1. The number of carbonyl (C=O) groups excluding carboxylic acids is 1. The summed E-state index contributed by atoms with van der Waals surface area (Å²) >= 11 is 0. The number of carbonyl (C=O) groups is 3. The number of phenols is 2. The molecule has 4 heterocycles. The first-order valence-corrected chi connectivity index (χ1v) is 12.4. The molecule has 11 nitrogen and oxygen atoms in total. The third-order valence-electron chi connectivity index (χ3n) is 7.90. The number of hydrogen-bond donors (Lipinski definition) is 6. The lowest BCUT2D eigenvalue weighted by molar-refractivity contribution is -0.137. The van der Waals surface area contributed by atoms with Gasteiger partial charge in [0, 0.05) is 40.4 Å². The number of aromatic hydroxyl groups is 2. The molecule has 11 heteroatoms. The summed E-state index contributed by atoms with van der Waals surface area (Å²) in [5.41, 5.74) is 1.01. The monoisotopic (exact) mass is 530 g/mol. The lowest BCUT2D eigenvalue weighted by Gasteiger charge is -2.38. The number of nitrogens with one attached hydrogen (secondary N) is 2. The van der Waals surface area contributed by atoms with Crippen molar-refractivity contribution in [3.05, 3.63) is 81.9 Å². The first-order chi connectivity index (χ1) is 18.7. The van der Waals surface area contributed by atoms with E-state index in [2.05, 4.69) is 10.6 Å². The number of hydrogen-bond acceptors (Lipinski definition) is 9. The van der Waals surface area contributed by atoms with Gasteiger partial charge in [0.1, 0.15) is 35.1 Å². The Morgan fingerprint density at radius 2 is 1.56 bits per heavy atom. The highest BCUT2D eigenvalue weighted by Crippen LogP contribution is 2.59. The molecule has 7 rings (SSSR count). The van der Waals surface area contributed by atoms with Crippen LogP contribution in [-0.4, -0.2) is 62.5 Å². The first kappa shape index (κ1) is 23.5. The van der Waals surface area contributed by atoms with E-state index in [9.17, 15) is 34.8 Å². The maximum atomic E-state index is 13.2. The van der Waals surface area contributed by atoms with E-state index in [0.717, 1.165) is 0 Å². The van der Waals surface area contributed by atoms with E-state index in [1.807, 2.05) is 0 Å². The van der Waals surface area contributed by atoms with Crippen LogP contribution in [0.2, 0.25) is 0 Å². The van der Waals surface area contributed by atoms with Crippen LogP contribution in [0.4, 0.5) is 0 Å². The highest BCUT2D eigenvalue weighted by atomic mass is 16.6. The fraction of sp³-hybridized carbons (Fsp3) is 0.250. The van der Waals surface area contributed by atoms with Crippen molar-refractivity contribution >= 4 is 17.9 Å². The summed E-state index contributed by atoms with van der Waals surface area (Å²) in [6.45, 7) is 0. The van der Waals surface area contributed by atoms with Crippen molar-refractivity contribution in [2.24, 2.45) is 0 Å². The number of benzene rings is 3. The van der Waals surface area contributed by atoms with Gasteiger partial charge in [-0.05, 0) is 42.7 Å². The summed E-state index contributed by atoms with van der Waals surface area (Å²) < 4.78 is 12.4. The Balaban J connectivity index is 1.46. The second kappa shape index (κ2) is 7.95. The second-order valence-corrected chi connectivity index (χ2v) is 10.2. The molecule has 4 aliphatic rings. The molecule has 0 saturated carbocycles. The molecule has 0 amide bonds. The predicted molar refractivity (Wildman–Crippen MR) is 132 cm³/mol. The van der Waals surface area contributed by atoms with E-state index in [1.165, 1.54) is 12.1 Å². The molecule has 0 bridgehead atoms. The quantitative estimate of drug-likeness (QED) is 0.200. The Bertz CT molecular complexity index is 1620. The van der Waals surface area contributed by atoms with E-state index >= 15 is 0 Å². The van der Waals surface area contributed by atoms with Crippen molar-refractivity contribution in [3.63, 3.8) is 0 Å². The average molecular weight is 530 g/mol. The summed E-state index contributed by atoms with van der Waals surface area (Å²) in [6.07, 6.45) is 0.247. The zero-order chi connectivity index (χ0) is 27.2. The highest BCUT2D eigenvalue weighted by molar-refractivity contribution is 5.97. The molecule has 0 radical (unpaired) electrons. The molecule has 39 heavy (non-hydrogen) atoms. The van der Waals surface area contributed by atoms with Gasteiger partial charge in [0.2, 0.25) is 0 Å². The van der Waals surface area contributed by atoms with Gasteiger partial charge in [0.05, 0.1) is 5.56 Å². The second-order valence-electron chi connectivity index (χ2n) is 10.2. The molecule has 0 aromatic heterocycles. The third kappa shape index (κ3) is 3.40. The zero-order valence-corrected chi connectivity index (χ0v) is 20.2. The number of phenolic OH excluding ortho intramolecular Hbond substituents is 2. The van der Waals surface area contributed by atoms with Gasteiger partial charge in [-0.25, -0.2) is 4.79 Å². The van der Waals surface area contributed by atoms with Crippen molar-refractivity contribution in [1.29, 1.82) is 0 Å². The summed E-state index contributed by atoms with van der Waals surface area (Å²) in [4.78, 5) is 36.1. The third-order valence-corrected chi connectivity index (χ3v) is 7.90. The fourth-order valence-electron chi connectivity index (χ4n) is 5.90. The molecule has 3 aromatic rings. The molecule has 4 aliphatic heterocycles. The Kier molecular flexibility index (Phi) is 4.79. The summed E-state index contributed by atoms with van der Waals surface area (Å²) in [5.74, 6) is -2.41. The Morgan fingerprint density at radius 1 is 0.872 bits per heavy atom. The standard InChI is InChI=1S/C28H22N2O9/c31-12-5-6-16-20(9-12)38-24-14(10-19-22(30-19)26(35)36)23(32)11(8-18-21(29-18)25(33)34)7-17(24)28(16)15-4-2-1-3-13(15)27(37)39-28/h1-7,9,18-19,21-22,29-32H,8,10H2,(H,33,34)(H,35,36). The maximum Gasteiger partial charge on any atom is 0.340 e. The van der Waals surface area contributed by atoms with Gasteiger partial charge >= 0.3 is 17.9 Å². The van der Waals surface area contributed by atoms with Gasteiger partial charge in [0.25, 0.3) is 0 Å². The SMILES string of the molecule is O=C1OC2(c3ccc(O)cc3Oc3c2cc(CC2NC2C(=O)O)c(O)c3CC2NC2C(=O)O)c2ccccc21. The van der Waals surface area contributed by atoms with Gasteiger partial charge < -0.3 is 29.9 Å². The molecule has 2 saturated heterocycles. The minimum atomic E-state index is -1.48. The van der Waals surface area contributed by atoms with E-state index in [4.69, 9.17) is 9.47 Å². The van der Waals surface area contributed by atoms with Crippen molar-refractivity contribution in [3.8, 4) is 23.0 Å². The number of esters is 1. The minimum Gasteiger partial charge on any atom is -0.508 e. The average Bonchev–Trinajstić information content (AvgIpc) is 3.81. The topological polar surface area (TPSA) is 194 Å². The van der Waals surface area contributed by atoms with E-state index in [0.29, 0.717) is 33.4 Å². The molecule has 0 aliphatic carbocycles. The number of fused-ring (bicyclic) bond motifs is 6. The molecule has 1 spiro atoms. The molecular formula is C28H22N2O9. The molecule has 5 atom stereocenters. The number of rotatable bonds is 6. The van der Waals surface area contributed by atoms with Crippen molar-refractivity contribution < 1.29 is 44.3 Å². The number of carboxylic acid groups (broad SMARTS) is 2. The molecule has 5 unspecified atom stereocenters.